The number of nitrogens with zero attached hydrogens (tertiary/aromatic N) is 2. The number of hydrogen-bond acceptors (Lipinski definition) is 9. The number of sulfonamides is 1. The Bertz CT molecular complexity index is 750. The Morgan fingerprint density at radius 1 is 1.50 bits per heavy atom. The van der Waals surface area contributed by atoms with E-state index in [2.05, 4.69) is 15.1 Å². The first-order valence-corrected chi connectivity index (χ1v) is 8.21. The monoisotopic (exact) mass is 335 g/mol. The summed E-state index contributed by atoms with van der Waals surface area (Å²) < 4.78 is 26.2. The highest BCUT2D eigenvalue weighted by atomic mass is 32.2. The van der Waals surface area contributed by atoms with Gasteiger partial charge in [-0.3, -0.25) is 14.8 Å². The molecule has 108 valence electrons. The van der Waals surface area contributed by atoms with Gasteiger partial charge in [0.05, 0.1) is 10.6 Å². The van der Waals surface area contributed by atoms with E-state index in [4.69, 9.17) is 5.84 Å². The smallest absolute Gasteiger partial charge is 0.306 e. The summed E-state index contributed by atoms with van der Waals surface area (Å²) in [4.78, 5) is 14.0. The number of thiophene rings is 1. The average molecular weight is 335 g/mol. The number of nitro groups is 1. The third-order valence-corrected chi connectivity index (χ3v) is 6.00. The fraction of sp³-hybridized carbons (Fsp3) is 0.125. The molecule has 0 aliphatic rings. The quantitative estimate of drug-likeness (QED) is 0.427. The minimum atomic E-state index is -3.93. The van der Waals surface area contributed by atoms with Gasteiger partial charge in [0.25, 0.3) is 10.0 Å². The molecule has 0 amide bonds. The van der Waals surface area contributed by atoms with Crippen LogP contribution in [0.4, 0.5) is 15.8 Å². The lowest BCUT2D eigenvalue weighted by atomic mass is 10.5. The van der Waals surface area contributed by atoms with Crippen LogP contribution in [0.1, 0.15) is 5.69 Å². The Hall–Kier alpha value is -1.76. The van der Waals surface area contributed by atoms with E-state index in [1.807, 2.05) is 0 Å². The molecule has 2 aromatic rings. The molecule has 0 atom stereocenters. The zero-order valence-corrected chi connectivity index (χ0v) is 12.4. The van der Waals surface area contributed by atoms with Crippen molar-refractivity contribution in [2.24, 2.45) is 5.84 Å². The first-order valence-electron chi connectivity index (χ1n) is 5.03. The van der Waals surface area contributed by atoms with Crippen molar-refractivity contribution in [3.05, 3.63) is 27.3 Å². The molecular formula is C8H9N5O4S3. The number of hydrogen-bond donors (Lipinski definition) is 3. The van der Waals surface area contributed by atoms with Crippen LogP contribution in [0.2, 0.25) is 0 Å². The highest BCUT2D eigenvalue weighted by Gasteiger charge is 2.26. The van der Waals surface area contributed by atoms with E-state index >= 15 is 0 Å². The van der Waals surface area contributed by atoms with Crippen LogP contribution >= 0.6 is 22.7 Å². The van der Waals surface area contributed by atoms with Crippen molar-refractivity contribution in [2.75, 3.05) is 10.1 Å². The number of aromatic nitrogens is 1. The second kappa shape index (κ2) is 5.32. The lowest BCUT2D eigenvalue weighted by Gasteiger charge is -2.01. The molecule has 0 unspecified atom stereocenters. The number of thiazole rings is 1. The normalized spacial score (nSPS) is 11.3. The van der Waals surface area contributed by atoms with Crippen molar-refractivity contribution in [2.45, 2.75) is 11.1 Å². The molecule has 0 saturated heterocycles. The summed E-state index contributed by atoms with van der Waals surface area (Å²) in [6.45, 7) is 1.72. The number of nitrogens with one attached hydrogen (secondary N) is 2. The number of nitrogen functional groups attached to an aromatic ring is 1. The summed E-state index contributed by atoms with van der Waals surface area (Å²) in [6, 6.07) is 0.947. The molecule has 0 saturated carbocycles. The highest BCUT2D eigenvalue weighted by Crippen LogP contribution is 2.37. The zero-order valence-electron chi connectivity index (χ0n) is 9.98. The topological polar surface area (TPSA) is 140 Å². The molecule has 0 fully saturated rings. The zero-order chi connectivity index (χ0) is 14.9. The number of aryl methyl sites for hydroxylation is 1. The standard InChI is InChI=1S/C8H9N5O4S3/c1-4-3-18-8(10-4)12-20(16,17)6-2-5(13(14)15)7(11-9)19-6/h2-3,11H,9H2,1H3,(H,10,12). The van der Waals surface area contributed by atoms with Crippen LogP contribution < -0.4 is 16.0 Å². The van der Waals surface area contributed by atoms with E-state index in [9.17, 15) is 18.5 Å². The van der Waals surface area contributed by atoms with Crippen molar-refractivity contribution in [3.8, 4) is 0 Å². The maximum absolute atomic E-state index is 12.1. The Balaban J connectivity index is 2.37. The van der Waals surface area contributed by atoms with Gasteiger partial charge in [0, 0.05) is 11.4 Å². The molecule has 0 aliphatic carbocycles. The van der Waals surface area contributed by atoms with Crippen molar-refractivity contribution in [3.63, 3.8) is 0 Å². The lowest BCUT2D eigenvalue weighted by Crippen LogP contribution is -2.11. The Labute approximate surface area is 121 Å². The predicted octanol–water partition coefficient (Wildman–Crippen LogP) is 1.51. The van der Waals surface area contributed by atoms with Crippen LogP contribution in [0, 0.1) is 17.0 Å². The second-order valence-electron chi connectivity index (χ2n) is 3.58. The molecule has 0 bridgehead atoms. The number of hydrazine groups is 1. The Morgan fingerprint density at radius 3 is 2.65 bits per heavy atom. The van der Waals surface area contributed by atoms with E-state index in [0.29, 0.717) is 17.0 Å². The van der Waals surface area contributed by atoms with Crippen LogP contribution in [-0.2, 0) is 10.0 Å². The van der Waals surface area contributed by atoms with Crippen LogP contribution in [0.15, 0.2) is 15.7 Å². The van der Waals surface area contributed by atoms with Gasteiger partial charge in [0.1, 0.15) is 4.21 Å². The number of nitrogens with two attached hydrogens (primary N) is 1. The van der Waals surface area contributed by atoms with Crippen LogP contribution in [0.5, 0.6) is 0 Å². The number of rotatable bonds is 5. The SMILES string of the molecule is Cc1csc(NS(=O)(=O)c2cc([N+](=O)[O-])c(NN)s2)n1. The van der Waals surface area contributed by atoms with Crippen LogP contribution in [-0.4, -0.2) is 18.3 Å². The fourth-order valence-corrected chi connectivity index (χ4v) is 4.48. The molecular weight excluding hydrogens is 326 g/mol. The summed E-state index contributed by atoms with van der Waals surface area (Å²) in [5.41, 5.74) is 2.39. The summed E-state index contributed by atoms with van der Waals surface area (Å²) in [5.74, 6) is 5.13. The van der Waals surface area contributed by atoms with Gasteiger partial charge in [-0.05, 0) is 6.92 Å². The van der Waals surface area contributed by atoms with Crippen LogP contribution in [0.25, 0.3) is 0 Å². The maximum Gasteiger partial charge on any atom is 0.306 e. The molecule has 20 heavy (non-hydrogen) atoms. The molecule has 9 nitrogen and oxygen atoms in total. The molecule has 2 heterocycles. The van der Waals surface area contributed by atoms with E-state index < -0.39 is 20.6 Å². The lowest BCUT2D eigenvalue weighted by molar-refractivity contribution is -0.383. The van der Waals surface area contributed by atoms with Crippen molar-refractivity contribution in [1.82, 2.24) is 4.98 Å². The molecule has 0 spiro atoms. The highest BCUT2D eigenvalue weighted by molar-refractivity contribution is 7.95. The minimum absolute atomic E-state index is 0.0364. The molecule has 4 N–H and O–H groups in total. The van der Waals surface area contributed by atoms with Gasteiger partial charge in [-0.25, -0.2) is 19.2 Å². The van der Waals surface area contributed by atoms with Gasteiger partial charge in [-0.2, -0.15) is 0 Å². The van der Waals surface area contributed by atoms with Crippen molar-refractivity contribution in [1.29, 1.82) is 0 Å². The Morgan fingerprint density at radius 2 is 2.20 bits per heavy atom. The summed E-state index contributed by atoms with van der Waals surface area (Å²) >= 11 is 1.79. The van der Waals surface area contributed by atoms with E-state index in [1.165, 1.54) is 0 Å². The van der Waals surface area contributed by atoms with Crippen molar-refractivity contribution >= 4 is 48.5 Å². The fourth-order valence-electron chi connectivity index (χ4n) is 1.30. The average Bonchev–Trinajstić information content (AvgIpc) is 2.95. The summed E-state index contributed by atoms with van der Waals surface area (Å²) in [5, 5.41) is 12.6. The second-order valence-corrected chi connectivity index (χ2v) is 7.40. The molecule has 2 rings (SSSR count). The van der Waals surface area contributed by atoms with Gasteiger partial charge in [-0.1, -0.05) is 11.3 Å². The Kier molecular flexibility index (Phi) is 3.89. The summed E-state index contributed by atoms with van der Waals surface area (Å²) in [6.07, 6.45) is 0. The third kappa shape index (κ3) is 2.87. The largest absolute Gasteiger partial charge is 0.310 e. The maximum atomic E-state index is 12.1. The predicted molar refractivity (Wildman–Crippen MR) is 76.4 cm³/mol. The third-order valence-electron chi connectivity index (χ3n) is 2.12. The summed E-state index contributed by atoms with van der Waals surface area (Å²) in [7, 11) is -3.93. The molecule has 2 aromatic heterocycles. The first-order chi connectivity index (χ1) is 9.33. The first kappa shape index (κ1) is 14.6. The van der Waals surface area contributed by atoms with E-state index in [-0.39, 0.29) is 14.3 Å². The molecule has 12 heteroatoms. The molecule has 0 aromatic carbocycles. The van der Waals surface area contributed by atoms with Gasteiger partial charge in [0.15, 0.2) is 10.1 Å². The van der Waals surface area contributed by atoms with Gasteiger partial charge >= 0.3 is 5.69 Å². The molecule has 0 radical (unpaired) electrons. The van der Waals surface area contributed by atoms with E-state index in [0.717, 1.165) is 17.4 Å². The van der Waals surface area contributed by atoms with Gasteiger partial charge < -0.3 is 5.43 Å². The van der Waals surface area contributed by atoms with Gasteiger partial charge in [0.2, 0.25) is 0 Å². The van der Waals surface area contributed by atoms with Gasteiger partial charge in [-0.15, -0.1) is 11.3 Å². The van der Waals surface area contributed by atoms with Crippen LogP contribution in [0.3, 0.4) is 0 Å². The van der Waals surface area contributed by atoms with Crippen molar-refractivity contribution < 1.29 is 13.3 Å². The minimum Gasteiger partial charge on any atom is -0.310 e. The molecule has 0 aliphatic heterocycles. The van der Waals surface area contributed by atoms with E-state index in [1.54, 1.807) is 12.3 Å². The number of anilines is 2.